The lowest BCUT2D eigenvalue weighted by Gasteiger charge is -2.04. The van der Waals surface area contributed by atoms with Crippen LogP contribution in [0.4, 0.5) is 0 Å². The molecule has 94 valence electrons. The Morgan fingerprint density at radius 1 is 1.06 bits per heavy atom. The van der Waals surface area contributed by atoms with Crippen LogP contribution in [0.3, 0.4) is 0 Å². The molecule has 1 N–H and O–H groups in total. The highest BCUT2D eigenvalue weighted by atomic mass is 16.1. The normalized spacial score (nSPS) is 10.5. The molecule has 0 aliphatic rings. The lowest BCUT2D eigenvalue weighted by Crippen LogP contribution is -2.11. The van der Waals surface area contributed by atoms with Crippen LogP contribution in [-0.4, -0.2) is 12.3 Å². The summed E-state index contributed by atoms with van der Waals surface area (Å²) in [5.74, 6) is 0.379. The molecule has 0 saturated carbocycles. The number of hydrogen-bond donors (Lipinski definition) is 1. The van der Waals surface area contributed by atoms with Gasteiger partial charge in [-0.25, -0.2) is 0 Å². The molecule has 0 fully saturated rings. The predicted octanol–water partition coefficient (Wildman–Crippen LogP) is 3.10. The zero-order valence-electron chi connectivity index (χ0n) is 11.0. The summed E-state index contributed by atoms with van der Waals surface area (Å²) in [4.78, 5) is 11.4. The smallest absolute Gasteiger partial charge is 0.133 e. The minimum Gasteiger partial charge on any atom is -0.313 e. The number of nitrogens with one attached hydrogen (secondary N) is 1. The second-order valence-corrected chi connectivity index (χ2v) is 4.39. The number of carbonyl (C=O) groups is 1. The average Bonchev–Trinajstić information content (AvgIpc) is 2.35. The summed E-state index contributed by atoms with van der Waals surface area (Å²) in [5, 5.41) is 3.30. The number of carbonyl (C=O) groups excluding carboxylic acids is 1. The molecule has 0 saturated heterocycles. The van der Waals surface area contributed by atoms with Gasteiger partial charge in [0.2, 0.25) is 0 Å². The maximum atomic E-state index is 11.4. The van der Waals surface area contributed by atoms with E-state index in [2.05, 4.69) is 36.5 Å². The van der Waals surface area contributed by atoms with Crippen molar-refractivity contribution in [2.45, 2.75) is 46.1 Å². The highest BCUT2D eigenvalue weighted by Crippen LogP contribution is 2.08. The van der Waals surface area contributed by atoms with E-state index in [0.717, 1.165) is 32.4 Å². The molecule has 0 radical (unpaired) electrons. The Bertz CT molecular complexity index is 329. The van der Waals surface area contributed by atoms with Crippen LogP contribution in [0.25, 0.3) is 0 Å². The molecule has 1 aromatic carbocycles. The summed E-state index contributed by atoms with van der Waals surface area (Å²) < 4.78 is 0. The lowest BCUT2D eigenvalue weighted by atomic mass is 10.0. The monoisotopic (exact) mass is 233 g/mol. The summed E-state index contributed by atoms with van der Waals surface area (Å²) in [6, 6.07) is 8.54. The molecular weight excluding hydrogens is 210 g/mol. The largest absolute Gasteiger partial charge is 0.313 e. The fourth-order valence-corrected chi connectivity index (χ4v) is 1.78. The van der Waals surface area contributed by atoms with Crippen LogP contribution < -0.4 is 5.32 Å². The van der Waals surface area contributed by atoms with E-state index in [4.69, 9.17) is 0 Å². The quantitative estimate of drug-likeness (QED) is 0.747. The van der Waals surface area contributed by atoms with Crippen LogP contribution in [0.2, 0.25) is 0 Å². The summed E-state index contributed by atoms with van der Waals surface area (Å²) in [7, 11) is 0. The van der Waals surface area contributed by atoms with E-state index in [1.54, 1.807) is 0 Å². The van der Waals surface area contributed by atoms with Gasteiger partial charge in [-0.05, 0) is 30.5 Å². The van der Waals surface area contributed by atoms with E-state index in [-0.39, 0.29) is 0 Å². The first-order valence-corrected chi connectivity index (χ1v) is 6.56. The zero-order valence-corrected chi connectivity index (χ0v) is 11.0. The fraction of sp³-hybridized carbons (Fsp3) is 0.533. The standard InChI is InChI=1S/C15H23NO/c1-3-5-15(17)11-10-13-6-8-14(9-7-13)12-16-4-2/h6-9,16H,3-5,10-12H2,1-2H3. The zero-order chi connectivity index (χ0) is 12.5. The molecule has 0 bridgehead atoms. The van der Waals surface area contributed by atoms with Gasteiger partial charge in [0, 0.05) is 19.4 Å². The maximum absolute atomic E-state index is 11.4. The van der Waals surface area contributed by atoms with E-state index in [1.807, 2.05) is 6.92 Å². The van der Waals surface area contributed by atoms with Gasteiger partial charge in [0.15, 0.2) is 0 Å². The van der Waals surface area contributed by atoms with Crippen molar-refractivity contribution in [3.8, 4) is 0 Å². The van der Waals surface area contributed by atoms with E-state index in [9.17, 15) is 4.79 Å². The van der Waals surface area contributed by atoms with E-state index >= 15 is 0 Å². The molecule has 1 rings (SSSR count). The molecule has 2 heteroatoms. The topological polar surface area (TPSA) is 29.1 Å². The van der Waals surface area contributed by atoms with Crippen molar-refractivity contribution in [2.75, 3.05) is 6.54 Å². The van der Waals surface area contributed by atoms with Gasteiger partial charge in [0.1, 0.15) is 5.78 Å². The van der Waals surface area contributed by atoms with Crippen LogP contribution in [0.1, 0.15) is 44.2 Å². The minimum atomic E-state index is 0.379. The second-order valence-electron chi connectivity index (χ2n) is 4.39. The van der Waals surface area contributed by atoms with Gasteiger partial charge in [0.25, 0.3) is 0 Å². The Labute approximate surface area is 104 Å². The summed E-state index contributed by atoms with van der Waals surface area (Å²) in [5.41, 5.74) is 2.56. The molecule has 0 amide bonds. The highest BCUT2D eigenvalue weighted by molar-refractivity contribution is 5.78. The number of Topliss-reactive ketones (excluding diaryl/α,β-unsaturated/α-hetero) is 1. The van der Waals surface area contributed by atoms with Crippen LogP contribution in [0.15, 0.2) is 24.3 Å². The molecular formula is C15H23NO. The van der Waals surface area contributed by atoms with Crippen molar-refractivity contribution >= 4 is 5.78 Å². The Morgan fingerprint density at radius 3 is 2.29 bits per heavy atom. The molecule has 0 aliphatic carbocycles. The minimum absolute atomic E-state index is 0.379. The molecule has 0 aromatic heterocycles. The van der Waals surface area contributed by atoms with Gasteiger partial charge < -0.3 is 5.32 Å². The van der Waals surface area contributed by atoms with Crippen molar-refractivity contribution < 1.29 is 4.79 Å². The maximum Gasteiger partial charge on any atom is 0.133 e. The Hall–Kier alpha value is -1.15. The molecule has 0 unspecified atom stereocenters. The third kappa shape index (κ3) is 5.64. The first-order chi connectivity index (χ1) is 8.26. The molecule has 0 atom stereocenters. The van der Waals surface area contributed by atoms with Crippen LogP contribution >= 0.6 is 0 Å². The Kier molecular flexibility index (Phi) is 6.56. The van der Waals surface area contributed by atoms with Gasteiger partial charge in [-0.1, -0.05) is 38.1 Å². The summed E-state index contributed by atoms with van der Waals surface area (Å²) in [6.07, 6.45) is 3.24. The third-order valence-corrected chi connectivity index (χ3v) is 2.82. The molecule has 17 heavy (non-hydrogen) atoms. The van der Waals surface area contributed by atoms with Crippen LogP contribution in [0, 0.1) is 0 Å². The predicted molar refractivity (Wildman–Crippen MR) is 72.1 cm³/mol. The molecule has 1 aromatic rings. The van der Waals surface area contributed by atoms with Crippen molar-refractivity contribution in [1.82, 2.24) is 5.32 Å². The van der Waals surface area contributed by atoms with Crippen LogP contribution in [0.5, 0.6) is 0 Å². The highest BCUT2D eigenvalue weighted by Gasteiger charge is 2.01. The van der Waals surface area contributed by atoms with E-state index < -0.39 is 0 Å². The molecule has 2 nitrogen and oxygen atoms in total. The number of benzene rings is 1. The van der Waals surface area contributed by atoms with Gasteiger partial charge >= 0.3 is 0 Å². The fourth-order valence-electron chi connectivity index (χ4n) is 1.78. The summed E-state index contributed by atoms with van der Waals surface area (Å²) >= 11 is 0. The van der Waals surface area contributed by atoms with Crippen LogP contribution in [-0.2, 0) is 17.8 Å². The number of ketones is 1. The van der Waals surface area contributed by atoms with Gasteiger partial charge in [-0.3, -0.25) is 4.79 Å². The number of aryl methyl sites for hydroxylation is 1. The molecule has 0 spiro atoms. The van der Waals surface area contributed by atoms with Gasteiger partial charge in [-0.2, -0.15) is 0 Å². The SMILES string of the molecule is CCCC(=O)CCc1ccc(CNCC)cc1. The average molecular weight is 233 g/mol. The number of rotatable bonds is 8. The van der Waals surface area contributed by atoms with Crippen molar-refractivity contribution in [3.05, 3.63) is 35.4 Å². The first kappa shape index (κ1) is 13.9. The summed E-state index contributed by atoms with van der Waals surface area (Å²) in [6.45, 7) is 6.07. The second kappa shape index (κ2) is 8.02. The third-order valence-electron chi connectivity index (χ3n) is 2.82. The molecule has 0 heterocycles. The Balaban J connectivity index is 2.37. The van der Waals surface area contributed by atoms with E-state index in [1.165, 1.54) is 11.1 Å². The number of hydrogen-bond acceptors (Lipinski definition) is 2. The van der Waals surface area contributed by atoms with Gasteiger partial charge in [0.05, 0.1) is 0 Å². The lowest BCUT2D eigenvalue weighted by molar-refractivity contribution is -0.119. The molecule has 0 aliphatic heterocycles. The van der Waals surface area contributed by atoms with Crippen molar-refractivity contribution in [3.63, 3.8) is 0 Å². The van der Waals surface area contributed by atoms with Gasteiger partial charge in [-0.15, -0.1) is 0 Å². The first-order valence-electron chi connectivity index (χ1n) is 6.56. The van der Waals surface area contributed by atoms with E-state index in [0.29, 0.717) is 12.2 Å². The van der Waals surface area contributed by atoms with Crippen molar-refractivity contribution in [1.29, 1.82) is 0 Å². The van der Waals surface area contributed by atoms with Crippen molar-refractivity contribution in [2.24, 2.45) is 0 Å². The Morgan fingerprint density at radius 2 is 1.71 bits per heavy atom.